The van der Waals surface area contributed by atoms with Gasteiger partial charge in [-0.15, -0.1) is 0 Å². The Morgan fingerprint density at radius 3 is 2.75 bits per heavy atom. The highest BCUT2D eigenvalue weighted by Gasteiger charge is 2.31. The van der Waals surface area contributed by atoms with Crippen LogP contribution in [0.3, 0.4) is 0 Å². The highest BCUT2D eigenvalue weighted by atomic mass is 16.3. The third-order valence-electron chi connectivity index (χ3n) is 4.38. The lowest BCUT2D eigenvalue weighted by atomic mass is 10.1. The fraction of sp³-hybridized carbons (Fsp3) is 0.158. The molecule has 0 amide bonds. The third kappa shape index (κ3) is 2.17. The van der Waals surface area contributed by atoms with Crippen LogP contribution in [0.5, 0.6) is 0 Å². The number of para-hydroxylation sites is 2. The quantitative estimate of drug-likeness (QED) is 0.669. The van der Waals surface area contributed by atoms with Crippen LogP contribution in [0, 0.1) is 19.3 Å². The molecule has 120 valence electrons. The Kier molecular flexibility index (Phi) is 3.16. The molecule has 1 aromatic heterocycles. The van der Waals surface area contributed by atoms with E-state index in [0.29, 0.717) is 11.4 Å². The first-order chi connectivity index (χ1) is 11.5. The van der Waals surface area contributed by atoms with Crippen LogP contribution in [0.2, 0.25) is 0 Å². The van der Waals surface area contributed by atoms with Crippen molar-refractivity contribution in [1.82, 2.24) is 9.97 Å². The number of aryl methyl sites for hydroxylation is 2. The van der Waals surface area contributed by atoms with Crippen molar-refractivity contribution >= 4 is 28.1 Å². The van der Waals surface area contributed by atoms with Gasteiger partial charge in [0.1, 0.15) is 17.4 Å². The van der Waals surface area contributed by atoms with E-state index < -0.39 is 0 Å². The van der Waals surface area contributed by atoms with Gasteiger partial charge >= 0.3 is 0 Å². The number of rotatable bonds is 2. The number of hydrogen-bond acceptors (Lipinski definition) is 3. The van der Waals surface area contributed by atoms with E-state index in [0.717, 1.165) is 27.8 Å². The maximum absolute atomic E-state index is 10.5. The van der Waals surface area contributed by atoms with Crippen LogP contribution < -0.4 is 4.90 Å². The van der Waals surface area contributed by atoms with E-state index in [9.17, 15) is 5.11 Å². The summed E-state index contributed by atoms with van der Waals surface area (Å²) in [4.78, 5) is 9.54. The van der Waals surface area contributed by atoms with E-state index in [1.165, 1.54) is 0 Å². The van der Waals surface area contributed by atoms with Gasteiger partial charge in [0.2, 0.25) is 0 Å². The fourth-order valence-electron chi connectivity index (χ4n) is 3.12. The number of anilines is 1. The zero-order valence-corrected chi connectivity index (χ0v) is 13.6. The monoisotopic (exact) mass is 318 g/mol. The molecule has 0 atom stereocenters. The SMILES string of the molecule is Cc1ccc(C)c(N2CC(O)=C(c3nc4ccccc4[nH]3)C2=N)c1. The van der Waals surface area contributed by atoms with Crippen LogP contribution in [0.4, 0.5) is 5.69 Å². The summed E-state index contributed by atoms with van der Waals surface area (Å²) >= 11 is 0. The molecule has 5 nitrogen and oxygen atoms in total. The summed E-state index contributed by atoms with van der Waals surface area (Å²) < 4.78 is 0. The predicted octanol–water partition coefficient (Wildman–Crippen LogP) is 3.95. The van der Waals surface area contributed by atoms with Crippen molar-refractivity contribution in [2.75, 3.05) is 11.4 Å². The van der Waals surface area contributed by atoms with E-state index in [-0.39, 0.29) is 18.1 Å². The number of amidine groups is 1. The van der Waals surface area contributed by atoms with Gasteiger partial charge in [0.15, 0.2) is 0 Å². The first-order valence-corrected chi connectivity index (χ1v) is 7.85. The minimum Gasteiger partial charge on any atom is -0.509 e. The van der Waals surface area contributed by atoms with Crippen molar-refractivity contribution < 1.29 is 5.11 Å². The van der Waals surface area contributed by atoms with Crippen LogP contribution in [0.25, 0.3) is 16.6 Å². The second-order valence-electron chi connectivity index (χ2n) is 6.15. The van der Waals surface area contributed by atoms with Crippen molar-refractivity contribution in [3.63, 3.8) is 0 Å². The maximum Gasteiger partial charge on any atom is 0.145 e. The molecular formula is C19H18N4O. The summed E-state index contributed by atoms with van der Waals surface area (Å²) in [5.74, 6) is 0.965. The van der Waals surface area contributed by atoms with E-state index in [2.05, 4.69) is 9.97 Å². The van der Waals surface area contributed by atoms with Gasteiger partial charge in [-0.3, -0.25) is 5.41 Å². The summed E-state index contributed by atoms with van der Waals surface area (Å²) in [5.41, 5.74) is 5.32. The molecule has 0 fully saturated rings. The summed E-state index contributed by atoms with van der Waals surface area (Å²) in [7, 11) is 0. The highest BCUT2D eigenvalue weighted by molar-refractivity contribution is 6.30. The largest absolute Gasteiger partial charge is 0.509 e. The molecule has 3 N–H and O–H groups in total. The van der Waals surface area contributed by atoms with Gasteiger partial charge < -0.3 is 15.0 Å². The number of aromatic nitrogens is 2. The fourth-order valence-corrected chi connectivity index (χ4v) is 3.12. The average molecular weight is 318 g/mol. The van der Waals surface area contributed by atoms with Gasteiger partial charge in [-0.05, 0) is 43.2 Å². The van der Waals surface area contributed by atoms with Crippen LogP contribution in [0.15, 0.2) is 48.2 Å². The molecular weight excluding hydrogens is 300 g/mol. The van der Waals surface area contributed by atoms with Gasteiger partial charge in [0, 0.05) is 5.69 Å². The first-order valence-electron chi connectivity index (χ1n) is 7.85. The molecule has 0 spiro atoms. The lowest BCUT2D eigenvalue weighted by Crippen LogP contribution is -2.27. The topological polar surface area (TPSA) is 76.0 Å². The molecule has 3 aromatic rings. The average Bonchev–Trinajstić information content (AvgIpc) is 3.10. The number of nitrogens with one attached hydrogen (secondary N) is 2. The minimum absolute atomic E-state index is 0.167. The number of hydrogen-bond donors (Lipinski definition) is 3. The summed E-state index contributed by atoms with van der Waals surface area (Å²) in [5, 5.41) is 19.0. The molecule has 0 unspecified atom stereocenters. The van der Waals surface area contributed by atoms with Crippen LogP contribution >= 0.6 is 0 Å². The zero-order chi connectivity index (χ0) is 16.8. The normalized spacial score (nSPS) is 14.9. The standard InChI is InChI=1S/C19H18N4O/c1-11-7-8-12(2)15(9-11)23-10-16(24)17(18(23)20)19-21-13-5-3-4-6-14(13)22-19/h3-9,20,24H,10H2,1-2H3,(H,21,22). The number of H-pyrrole nitrogens is 1. The number of aliphatic hydroxyl groups excluding tert-OH is 1. The van der Waals surface area contributed by atoms with Crippen molar-refractivity contribution in [3.05, 3.63) is 65.2 Å². The Balaban J connectivity index is 1.76. The van der Waals surface area contributed by atoms with Crippen molar-refractivity contribution in [2.45, 2.75) is 13.8 Å². The van der Waals surface area contributed by atoms with Gasteiger partial charge in [-0.25, -0.2) is 4.98 Å². The molecule has 2 heterocycles. The van der Waals surface area contributed by atoms with Crippen molar-refractivity contribution in [3.8, 4) is 0 Å². The highest BCUT2D eigenvalue weighted by Crippen LogP contribution is 2.32. The van der Waals surface area contributed by atoms with E-state index >= 15 is 0 Å². The van der Waals surface area contributed by atoms with Gasteiger partial charge in [-0.2, -0.15) is 0 Å². The number of benzene rings is 2. The molecule has 24 heavy (non-hydrogen) atoms. The Morgan fingerprint density at radius 2 is 1.96 bits per heavy atom. The zero-order valence-electron chi connectivity index (χ0n) is 13.6. The Morgan fingerprint density at radius 1 is 1.17 bits per heavy atom. The molecule has 4 rings (SSSR count). The van der Waals surface area contributed by atoms with E-state index in [1.807, 2.05) is 61.2 Å². The predicted molar refractivity (Wildman–Crippen MR) is 96.6 cm³/mol. The molecule has 0 saturated carbocycles. The summed E-state index contributed by atoms with van der Waals surface area (Å²) in [6.07, 6.45) is 0. The summed E-state index contributed by atoms with van der Waals surface area (Å²) in [6.45, 7) is 4.32. The lowest BCUT2D eigenvalue weighted by molar-refractivity contribution is 0.411. The van der Waals surface area contributed by atoms with Crippen molar-refractivity contribution in [1.29, 1.82) is 5.41 Å². The van der Waals surface area contributed by atoms with Gasteiger partial charge in [0.25, 0.3) is 0 Å². The van der Waals surface area contributed by atoms with Crippen LogP contribution in [-0.4, -0.2) is 27.5 Å². The van der Waals surface area contributed by atoms with Gasteiger partial charge in [0.05, 0.1) is 23.2 Å². The molecule has 0 radical (unpaired) electrons. The molecule has 0 bridgehead atoms. The Hall–Kier alpha value is -3.08. The number of aliphatic hydroxyl groups is 1. The van der Waals surface area contributed by atoms with Crippen LogP contribution in [-0.2, 0) is 0 Å². The van der Waals surface area contributed by atoms with E-state index in [1.54, 1.807) is 0 Å². The number of nitrogens with zero attached hydrogens (tertiary/aromatic N) is 2. The molecule has 2 aromatic carbocycles. The lowest BCUT2D eigenvalue weighted by Gasteiger charge is -2.21. The molecule has 1 aliphatic rings. The molecule has 5 heteroatoms. The number of aromatic amines is 1. The van der Waals surface area contributed by atoms with Gasteiger partial charge in [-0.1, -0.05) is 24.3 Å². The molecule has 0 saturated heterocycles. The summed E-state index contributed by atoms with van der Waals surface area (Å²) in [6, 6.07) is 13.8. The smallest absolute Gasteiger partial charge is 0.145 e. The first kappa shape index (κ1) is 14.5. The Bertz CT molecular complexity index is 967. The van der Waals surface area contributed by atoms with Crippen LogP contribution in [0.1, 0.15) is 17.0 Å². The third-order valence-corrected chi connectivity index (χ3v) is 4.38. The Labute approximate surface area is 139 Å². The van der Waals surface area contributed by atoms with E-state index in [4.69, 9.17) is 5.41 Å². The second-order valence-corrected chi connectivity index (χ2v) is 6.15. The molecule has 1 aliphatic heterocycles. The minimum atomic E-state index is 0.167. The number of fused-ring (bicyclic) bond motifs is 1. The second kappa shape index (κ2) is 5.23. The van der Waals surface area contributed by atoms with Crippen molar-refractivity contribution in [2.24, 2.45) is 0 Å². The maximum atomic E-state index is 10.5. The number of imidazole rings is 1. The molecule has 0 aliphatic carbocycles.